The van der Waals surface area contributed by atoms with Crippen LogP contribution in [-0.2, 0) is 0 Å². The van der Waals surface area contributed by atoms with Gasteiger partial charge < -0.3 is 10.1 Å². The molecule has 1 fully saturated rings. The van der Waals surface area contributed by atoms with Crippen molar-refractivity contribution >= 4 is 0 Å². The van der Waals surface area contributed by atoms with Crippen molar-refractivity contribution in [3.63, 3.8) is 0 Å². The average molecular weight is 251 g/mol. The molecule has 0 heterocycles. The Morgan fingerprint density at radius 2 is 2.22 bits per heavy atom. The molecule has 1 aliphatic rings. The third-order valence-corrected chi connectivity index (χ3v) is 3.40. The summed E-state index contributed by atoms with van der Waals surface area (Å²) in [5.41, 5.74) is 0.861. The molecule has 1 aromatic carbocycles. The quantitative estimate of drug-likeness (QED) is 0.803. The van der Waals surface area contributed by atoms with Crippen LogP contribution >= 0.6 is 0 Å². The van der Waals surface area contributed by atoms with Crippen LogP contribution in [0.5, 0.6) is 5.75 Å². The normalized spacial score (nSPS) is 16.6. The van der Waals surface area contributed by atoms with Crippen LogP contribution in [0.3, 0.4) is 0 Å². The molecule has 0 bridgehead atoms. The van der Waals surface area contributed by atoms with Gasteiger partial charge in [-0.1, -0.05) is 6.92 Å². The average Bonchev–Trinajstić information content (AvgIpc) is 3.15. The molecule has 0 spiro atoms. The van der Waals surface area contributed by atoms with Crippen LogP contribution in [-0.4, -0.2) is 19.2 Å². The van der Waals surface area contributed by atoms with Crippen molar-refractivity contribution in [1.29, 1.82) is 0 Å². The standard InChI is InChI=1S/C15H22FNO/c1-3-8-17-14(12-4-5-12)10-18-15-7-6-13(16)9-11(15)2/h6-7,9,12,14,17H,3-5,8,10H2,1-2H3. The zero-order chi connectivity index (χ0) is 13.0. The number of rotatable bonds is 7. The Morgan fingerprint density at radius 1 is 1.44 bits per heavy atom. The van der Waals surface area contributed by atoms with E-state index >= 15 is 0 Å². The number of nitrogens with one attached hydrogen (secondary N) is 1. The molecule has 1 unspecified atom stereocenters. The molecule has 1 N–H and O–H groups in total. The summed E-state index contributed by atoms with van der Waals surface area (Å²) in [6.07, 6.45) is 3.74. The lowest BCUT2D eigenvalue weighted by molar-refractivity contribution is 0.248. The molecule has 1 aliphatic carbocycles. The molecule has 0 amide bonds. The summed E-state index contributed by atoms with van der Waals surface area (Å²) < 4.78 is 18.8. The van der Waals surface area contributed by atoms with Gasteiger partial charge in [-0.2, -0.15) is 0 Å². The Labute approximate surface area is 109 Å². The van der Waals surface area contributed by atoms with Gasteiger partial charge in [0.1, 0.15) is 18.2 Å². The lowest BCUT2D eigenvalue weighted by Gasteiger charge is -2.19. The first-order valence-electron chi connectivity index (χ1n) is 6.83. The minimum absolute atomic E-state index is 0.206. The van der Waals surface area contributed by atoms with Crippen molar-refractivity contribution in [1.82, 2.24) is 5.32 Å². The van der Waals surface area contributed by atoms with Crippen molar-refractivity contribution in [2.24, 2.45) is 5.92 Å². The molecule has 100 valence electrons. The third kappa shape index (κ3) is 3.70. The molecular formula is C15H22FNO. The minimum Gasteiger partial charge on any atom is -0.492 e. The van der Waals surface area contributed by atoms with Gasteiger partial charge in [-0.3, -0.25) is 0 Å². The Hall–Kier alpha value is -1.09. The lowest BCUT2D eigenvalue weighted by atomic mass is 10.2. The predicted octanol–water partition coefficient (Wildman–Crippen LogP) is 3.29. The number of aryl methyl sites for hydroxylation is 1. The third-order valence-electron chi connectivity index (χ3n) is 3.40. The van der Waals surface area contributed by atoms with Crippen molar-refractivity contribution in [3.8, 4) is 5.75 Å². The first-order valence-corrected chi connectivity index (χ1v) is 6.83. The van der Waals surface area contributed by atoms with E-state index in [1.165, 1.54) is 25.0 Å². The maximum atomic E-state index is 13.0. The van der Waals surface area contributed by atoms with Gasteiger partial charge in [0.2, 0.25) is 0 Å². The van der Waals surface area contributed by atoms with E-state index in [0.717, 1.165) is 30.2 Å². The second kappa shape index (κ2) is 6.19. The van der Waals surface area contributed by atoms with E-state index in [2.05, 4.69) is 12.2 Å². The van der Waals surface area contributed by atoms with Crippen molar-refractivity contribution < 1.29 is 9.13 Å². The first-order chi connectivity index (χ1) is 8.70. The van der Waals surface area contributed by atoms with Gasteiger partial charge in [0.25, 0.3) is 0 Å². The summed E-state index contributed by atoms with van der Waals surface area (Å²) in [5, 5.41) is 3.53. The van der Waals surface area contributed by atoms with Crippen LogP contribution < -0.4 is 10.1 Å². The Bertz CT molecular complexity index is 390. The Morgan fingerprint density at radius 3 is 2.83 bits per heavy atom. The highest BCUT2D eigenvalue weighted by atomic mass is 19.1. The summed E-state index contributed by atoms with van der Waals surface area (Å²) in [6, 6.07) is 5.12. The van der Waals surface area contributed by atoms with Gasteiger partial charge >= 0.3 is 0 Å². The Balaban J connectivity index is 1.88. The van der Waals surface area contributed by atoms with Crippen molar-refractivity contribution in [2.45, 2.75) is 39.2 Å². The van der Waals surface area contributed by atoms with Crippen LogP contribution in [0.25, 0.3) is 0 Å². The summed E-state index contributed by atoms with van der Waals surface area (Å²) >= 11 is 0. The zero-order valence-corrected chi connectivity index (χ0v) is 11.2. The summed E-state index contributed by atoms with van der Waals surface area (Å²) in [7, 11) is 0. The van der Waals surface area contributed by atoms with Gasteiger partial charge in [0.05, 0.1) is 0 Å². The molecule has 1 aromatic rings. The number of ether oxygens (including phenoxy) is 1. The van der Waals surface area contributed by atoms with E-state index in [-0.39, 0.29) is 5.82 Å². The number of halogens is 1. The highest BCUT2D eigenvalue weighted by molar-refractivity contribution is 5.32. The van der Waals surface area contributed by atoms with E-state index in [0.29, 0.717) is 12.6 Å². The first kappa shape index (κ1) is 13.3. The maximum Gasteiger partial charge on any atom is 0.123 e. The smallest absolute Gasteiger partial charge is 0.123 e. The predicted molar refractivity (Wildman–Crippen MR) is 71.4 cm³/mol. The largest absolute Gasteiger partial charge is 0.492 e. The van der Waals surface area contributed by atoms with Crippen LogP contribution in [0.1, 0.15) is 31.7 Å². The van der Waals surface area contributed by atoms with E-state index in [1.54, 1.807) is 6.07 Å². The van der Waals surface area contributed by atoms with E-state index in [4.69, 9.17) is 4.74 Å². The summed E-state index contributed by atoms with van der Waals surface area (Å²) in [4.78, 5) is 0. The topological polar surface area (TPSA) is 21.3 Å². The molecule has 2 nitrogen and oxygen atoms in total. The number of hydrogen-bond acceptors (Lipinski definition) is 2. The van der Waals surface area contributed by atoms with E-state index in [9.17, 15) is 4.39 Å². The van der Waals surface area contributed by atoms with Gasteiger partial charge in [-0.25, -0.2) is 4.39 Å². The fourth-order valence-electron chi connectivity index (χ4n) is 2.14. The monoisotopic (exact) mass is 251 g/mol. The van der Waals surface area contributed by atoms with Gasteiger partial charge in [-0.15, -0.1) is 0 Å². The fourth-order valence-corrected chi connectivity index (χ4v) is 2.14. The van der Waals surface area contributed by atoms with Crippen LogP contribution in [0.2, 0.25) is 0 Å². The maximum absolute atomic E-state index is 13.0. The lowest BCUT2D eigenvalue weighted by Crippen LogP contribution is -2.37. The van der Waals surface area contributed by atoms with Crippen LogP contribution in [0.15, 0.2) is 18.2 Å². The van der Waals surface area contributed by atoms with Crippen molar-refractivity contribution in [3.05, 3.63) is 29.6 Å². The van der Waals surface area contributed by atoms with Crippen molar-refractivity contribution in [2.75, 3.05) is 13.2 Å². The number of benzene rings is 1. The van der Waals surface area contributed by atoms with Gasteiger partial charge in [-0.05, 0) is 62.4 Å². The highest BCUT2D eigenvalue weighted by Crippen LogP contribution is 2.33. The van der Waals surface area contributed by atoms with E-state index in [1.807, 2.05) is 6.92 Å². The molecule has 0 aliphatic heterocycles. The summed E-state index contributed by atoms with van der Waals surface area (Å²) in [5.74, 6) is 1.35. The molecule has 3 heteroatoms. The molecule has 0 radical (unpaired) electrons. The second-order valence-electron chi connectivity index (χ2n) is 5.12. The van der Waals surface area contributed by atoms with Crippen LogP contribution in [0.4, 0.5) is 4.39 Å². The Kier molecular flexibility index (Phi) is 4.59. The molecule has 0 saturated heterocycles. The molecule has 18 heavy (non-hydrogen) atoms. The molecular weight excluding hydrogens is 229 g/mol. The second-order valence-corrected chi connectivity index (χ2v) is 5.12. The molecule has 0 aromatic heterocycles. The molecule has 1 atom stereocenters. The van der Waals surface area contributed by atoms with Crippen LogP contribution in [0, 0.1) is 18.7 Å². The number of hydrogen-bond donors (Lipinski definition) is 1. The molecule has 1 saturated carbocycles. The highest BCUT2D eigenvalue weighted by Gasteiger charge is 2.31. The zero-order valence-electron chi connectivity index (χ0n) is 11.2. The fraction of sp³-hybridized carbons (Fsp3) is 0.600. The van der Waals surface area contributed by atoms with Gasteiger partial charge in [0, 0.05) is 6.04 Å². The SMILES string of the molecule is CCCNC(COc1ccc(F)cc1C)C1CC1. The van der Waals surface area contributed by atoms with E-state index < -0.39 is 0 Å². The minimum atomic E-state index is -0.206. The van der Waals surface area contributed by atoms with Gasteiger partial charge in [0.15, 0.2) is 0 Å². The summed E-state index contributed by atoms with van der Waals surface area (Å²) in [6.45, 7) is 5.76. The molecule has 2 rings (SSSR count).